The number of hydrogen-bond donors (Lipinski definition) is 3. The van der Waals surface area contributed by atoms with Crippen LogP contribution in [-0.4, -0.2) is 45.2 Å². The van der Waals surface area contributed by atoms with E-state index in [-0.39, 0.29) is 18.4 Å². The summed E-state index contributed by atoms with van der Waals surface area (Å²) < 4.78 is 4.91. The van der Waals surface area contributed by atoms with Gasteiger partial charge in [0.1, 0.15) is 0 Å². The summed E-state index contributed by atoms with van der Waals surface area (Å²) >= 11 is 0. The van der Waals surface area contributed by atoms with Gasteiger partial charge in [-0.2, -0.15) is 0 Å². The normalized spacial score (nSPS) is 10.1. The summed E-state index contributed by atoms with van der Waals surface area (Å²) in [6, 6.07) is 7.11. The molecule has 122 valence electrons. The van der Waals surface area contributed by atoms with Crippen LogP contribution in [0.25, 0.3) is 0 Å². The third-order valence-corrected chi connectivity index (χ3v) is 2.96. The Hall–Kier alpha value is -2.08. The third kappa shape index (κ3) is 7.08. The molecule has 1 rings (SSSR count). The number of carbonyl (C=O) groups is 2. The molecule has 0 fully saturated rings. The quantitative estimate of drug-likeness (QED) is 0.571. The van der Waals surface area contributed by atoms with Crippen molar-refractivity contribution in [1.29, 1.82) is 0 Å². The molecule has 0 aromatic heterocycles. The van der Waals surface area contributed by atoms with Crippen LogP contribution in [0.4, 0.5) is 5.69 Å². The van der Waals surface area contributed by atoms with E-state index >= 15 is 0 Å². The lowest BCUT2D eigenvalue weighted by atomic mass is 10.2. The second kappa shape index (κ2) is 10.6. The molecule has 0 spiro atoms. The Morgan fingerprint density at radius 1 is 1.18 bits per heavy atom. The van der Waals surface area contributed by atoms with Crippen LogP contribution >= 0.6 is 0 Å². The van der Waals surface area contributed by atoms with Crippen LogP contribution in [-0.2, 0) is 9.53 Å². The van der Waals surface area contributed by atoms with E-state index < -0.39 is 0 Å². The summed E-state index contributed by atoms with van der Waals surface area (Å²) in [5.41, 5.74) is 1.33. The first kappa shape index (κ1) is 18.0. The van der Waals surface area contributed by atoms with Crippen LogP contribution in [0.15, 0.2) is 24.3 Å². The van der Waals surface area contributed by atoms with E-state index in [4.69, 9.17) is 4.74 Å². The Kier molecular flexibility index (Phi) is 8.67. The number of methoxy groups -OCH3 is 1. The lowest BCUT2D eigenvalue weighted by molar-refractivity contribution is -0.119. The smallest absolute Gasteiger partial charge is 0.251 e. The highest BCUT2D eigenvalue weighted by Gasteiger charge is 2.06. The van der Waals surface area contributed by atoms with Gasteiger partial charge in [-0.15, -0.1) is 0 Å². The molecule has 0 saturated heterocycles. The Bertz CT molecular complexity index is 477. The predicted octanol–water partition coefficient (Wildman–Crippen LogP) is 1.39. The van der Waals surface area contributed by atoms with Gasteiger partial charge in [-0.3, -0.25) is 9.59 Å². The Labute approximate surface area is 131 Å². The second-order valence-corrected chi connectivity index (χ2v) is 4.89. The monoisotopic (exact) mass is 307 g/mol. The highest BCUT2D eigenvalue weighted by atomic mass is 16.5. The van der Waals surface area contributed by atoms with Gasteiger partial charge >= 0.3 is 0 Å². The highest BCUT2D eigenvalue weighted by Crippen LogP contribution is 2.10. The number of rotatable bonds is 10. The van der Waals surface area contributed by atoms with E-state index in [1.54, 1.807) is 25.3 Å². The molecule has 1 aromatic carbocycles. The van der Waals surface area contributed by atoms with Crippen molar-refractivity contribution in [1.82, 2.24) is 10.6 Å². The number of anilines is 1. The predicted molar refractivity (Wildman–Crippen MR) is 87.1 cm³/mol. The number of ether oxygens (including phenoxy) is 1. The van der Waals surface area contributed by atoms with Crippen LogP contribution in [0, 0.1) is 0 Å². The second-order valence-electron chi connectivity index (χ2n) is 4.89. The summed E-state index contributed by atoms with van der Waals surface area (Å²) in [4.78, 5) is 23.5. The summed E-state index contributed by atoms with van der Waals surface area (Å²) in [5.74, 6) is -0.188. The summed E-state index contributed by atoms with van der Waals surface area (Å²) in [6.45, 7) is 4.05. The molecule has 0 saturated carbocycles. The van der Waals surface area contributed by atoms with E-state index in [0.717, 1.165) is 18.5 Å². The fourth-order valence-electron chi connectivity index (χ4n) is 1.80. The fraction of sp³-hybridized carbons (Fsp3) is 0.500. The van der Waals surface area contributed by atoms with E-state index in [9.17, 15) is 9.59 Å². The molecule has 0 atom stereocenters. The van der Waals surface area contributed by atoms with Crippen molar-refractivity contribution >= 4 is 17.5 Å². The van der Waals surface area contributed by atoms with Crippen LogP contribution < -0.4 is 16.0 Å². The van der Waals surface area contributed by atoms with Crippen LogP contribution in [0.3, 0.4) is 0 Å². The molecule has 0 heterocycles. The molecule has 22 heavy (non-hydrogen) atoms. The van der Waals surface area contributed by atoms with E-state index in [1.165, 1.54) is 0 Å². The minimum absolute atomic E-state index is 0.0862. The summed E-state index contributed by atoms with van der Waals surface area (Å²) in [7, 11) is 1.63. The van der Waals surface area contributed by atoms with Crippen molar-refractivity contribution in [3.63, 3.8) is 0 Å². The maximum atomic E-state index is 11.9. The van der Waals surface area contributed by atoms with E-state index in [2.05, 4.69) is 16.0 Å². The third-order valence-electron chi connectivity index (χ3n) is 2.96. The molecular weight excluding hydrogens is 282 g/mol. The molecule has 6 heteroatoms. The standard InChI is InChI=1S/C16H25N3O3/c1-3-8-18-16(21)13-6-4-7-14(11-13)19-12-15(20)17-9-5-10-22-2/h4,6-7,11,19H,3,5,8-10,12H2,1-2H3,(H,17,20)(H,18,21). The van der Waals surface area contributed by atoms with E-state index in [0.29, 0.717) is 25.3 Å². The van der Waals surface area contributed by atoms with Crippen LogP contribution in [0.2, 0.25) is 0 Å². The molecule has 0 radical (unpaired) electrons. The molecular formula is C16H25N3O3. The van der Waals surface area contributed by atoms with E-state index in [1.807, 2.05) is 13.0 Å². The molecule has 2 amide bonds. The van der Waals surface area contributed by atoms with Gasteiger partial charge < -0.3 is 20.7 Å². The van der Waals surface area contributed by atoms with Crippen LogP contribution in [0.5, 0.6) is 0 Å². The lowest BCUT2D eigenvalue weighted by Gasteiger charge is -2.09. The topological polar surface area (TPSA) is 79.5 Å². The first-order valence-electron chi connectivity index (χ1n) is 7.55. The van der Waals surface area contributed by atoms with Gasteiger partial charge in [0, 0.05) is 38.1 Å². The average Bonchev–Trinajstić information content (AvgIpc) is 2.55. The molecule has 1 aromatic rings. The largest absolute Gasteiger partial charge is 0.385 e. The fourth-order valence-corrected chi connectivity index (χ4v) is 1.80. The number of benzene rings is 1. The zero-order valence-corrected chi connectivity index (χ0v) is 13.3. The van der Waals surface area contributed by atoms with Crippen LogP contribution in [0.1, 0.15) is 30.1 Å². The lowest BCUT2D eigenvalue weighted by Crippen LogP contribution is -2.31. The van der Waals surface area contributed by atoms with Crippen molar-refractivity contribution in [2.75, 3.05) is 38.7 Å². The first-order chi connectivity index (χ1) is 10.7. The van der Waals surface area contributed by atoms with Gasteiger partial charge in [-0.25, -0.2) is 0 Å². The maximum absolute atomic E-state index is 11.9. The maximum Gasteiger partial charge on any atom is 0.251 e. The molecule has 0 aliphatic rings. The Balaban J connectivity index is 2.39. The zero-order valence-electron chi connectivity index (χ0n) is 13.3. The molecule has 0 unspecified atom stereocenters. The van der Waals surface area contributed by atoms with Crippen molar-refractivity contribution in [2.24, 2.45) is 0 Å². The SMILES string of the molecule is CCCNC(=O)c1cccc(NCC(=O)NCCCOC)c1. The highest BCUT2D eigenvalue weighted by molar-refractivity contribution is 5.95. The van der Waals surface area contributed by atoms with Gasteiger partial charge in [0.15, 0.2) is 0 Å². The number of hydrogen-bond acceptors (Lipinski definition) is 4. The van der Waals surface area contributed by atoms with Gasteiger partial charge in [0.25, 0.3) is 5.91 Å². The van der Waals surface area contributed by atoms with Gasteiger partial charge in [-0.05, 0) is 31.0 Å². The molecule has 6 nitrogen and oxygen atoms in total. The summed E-state index contributed by atoms with van der Waals surface area (Å²) in [6.07, 6.45) is 1.68. The number of amides is 2. The molecule has 3 N–H and O–H groups in total. The first-order valence-corrected chi connectivity index (χ1v) is 7.55. The minimum Gasteiger partial charge on any atom is -0.385 e. The van der Waals surface area contributed by atoms with Gasteiger partial charge in [0.2, 0.25) is 5.91 Å². The number of carbonyl (C=O) groups excluding carboxylic acids is 2. The van der Waals surface area contributed by atoms with Gasteiger partial charge in [-0.1, -0.05) is 13.0 Å². The summed E-state index contributed by atoms with van der Waals surface area (Å²) in [5, 5.41) is 8.63. The van der Waals surface area contributed by atoms with Gasteiger partial charge in [0.05, 0.1) is 6.54 Å². The van der Waals surface area contributed by atoms with Crippen molar-refractivity contribution in [3.8, 4) is 0 Å². The Morgan fingerprint density at radius 3 is 2.73 bits per heavy atom. The van der Waals surface area contributed by atoms with Crippen molar-refractivity contribution < 1.29 is 14.3 Å². The van der Waals surface area contributed by atoms with Crippen molar-refractivity contribution in [2.45, 2.75) is 19.8 Å². The molecule has 0 aliphatic carbocycles. The average molecular weight is 307 g/mol. The minimum atomic E-state index is -0.102. The van der Waals surface area contributed by atoms with Crippen molar-refractivity contribution in [3.05, 3.63) is 29.8 Å². The molecule has 0 aliphatic heterocycles. The number of nitrogens with one attached hydrogen (secondary N) is 3. The zero-order chi connectivity index (χ0) is 16.2. The Morgan fingerprint density at radius 2 is 2.00 bits per heavy atom. The molecule has 0 bridgehead atoms.